The molecule has 184 valence electrons. The number of likely N-dealkylation sites (tertiary alicyclic amines) is 1. The molecule has 7 heteroatoms. The number of methoxy groups -OCH3 is 3. The van der Waals surface area contributed by atoms with Crippen LogP contribution >= 0.6 is 0 Å². The van der Waals surface area contributed by atoms with Gasteiger partial charge in [0, 0.05) is 42.6 Å². The van der Waals surface area contributed by atoms with E-state index in [9.17, 15) is 9.59 Å². The van der Waals surface area contributed by atoms with Crippen LogP contribution in [0, 0.1) is 11.8 Å². The third kappa shape index (κ3) is 5.74. The van der Waals surface area contributed by atoms with Crippen LogP contribution in [0.2, 0.25) is 0 Å². The van der Waals surface area contributed by atoms with Gasteiger partial charge in [-0.15, -0.1) is 0 Å². The summed E-state index contributed by atoms with van der Waals surface area (Å²) >= 11 is 0. The monoisotopic (exact) mass is 460 g/mol. The lowest BCUT2D eigenvalue weighted by Gasteiger charge is -2.34. The van der Waals surface area contributed by atoms with Gasteiger partial charge in [0.25, 0.3) is 0 Å². The summed E-state index contributed by atoms with van der Waals surface area (Å²) in [4.78, 5) is 27.7. The number of ether oxygens (including phenoxy) is 3. The lowest BCUT2D eigenvalue weighted by Crippen LogP contribution is -2.45. The first-order valence-corrected chi connectivity index (χ1v) is 12.3. The van der Waals surface area contributed by atoms with Crippen molar-refractivity contribution in [2.24, 2.45) is 11.8 Å². The number of hydrogen-bond acceptors (Lipinski definition) is 5. The number of hydrogen-bond donors (Lipinski definition) is 1. The van der Waals surface area contributed by atoms with Crippen LogP contribution < -0.4 is 19.5 Å². The van der Waals surface area contributed by atoms with Crippen molar-refractivity contribution in [2.45, 2.75) is 71.3 Å². The molecule has 1 heterocycles. The fraction of sp³-hybridized carbons (Fsp3) is 0.692. The number of nitrogens with one attached hydrogen (secondary N) is 1. The molecule has 0 spiro atoms. The highest BCUT2D eigenvalue weighted by molar-refractivity contribution is 5.81. The fourth-order valence-electron chi connectivity index (χ4n) is 5.25. The molecule has 2 amide bonds. The van der Waals surface area contributed by atoms with Gasteiger partial charge in [-0.25, -0.2) is 0 Å². The normalized spacial score (nSPS) is 17.7. The first-order valence-electron chi connectivity index (χ1n) is 12.3. The van der Waals surface area contributed by atoms with Gasteiger partial charge in [0.05, 0.1) is 21.3 Å². The zero-order valence-electron chi connectivity index (χ0n) is 20.9. The highest BCUT2D eigenvalue weighted by atomic mass is 16.5. The molecule has 0 bridgehead atoms. The maximum absolute atomic E-state index is 12.9. The van der Waals surface area contributed by atoms with Gasteiger partial charge in [0.1, 0.15) is 5.75 Å². The number of piperidine rings is 1. The molecule has 7 nitrogen and oxygen atoms in total. The largest absolute Gasteiger partial charge is 0.496 e. The number of amides is 2. The lowest BCUT2D eigenvalue weighted by molar-refractivity contribution is -0.140. The SMILES string of the molecule is COc1cc(CNC(=O)C2CCN(C(=O)C3CCCCC3)CC2)c(OC)c(OC)c1C(C)C. The Morgan fingerprint density at radius 3 is 2.12 bits per heavy atom. The molecule has 0 aromatic heterocycles. The van der Waals surface area contributed by atoms with Gasteiger partial charge in [-0.05, 0) is 37.7 Å². The predicted molar refractivity (Wildman–Crippen MR) is 128 cm³/mol. The number of carbonyl (C=O) groups excluding carboxylic acids is 2. The minimum Gasteiger partial charge on any atom is -0.496 e. The molecular formula is C26H40N2O5. The van der Waals surface area contributed by atoms with E-state index in [4.69, 9.17) is 14.2 Å². The lowest BCUT2D eigenvalue weighted by atomic mass is 9.87. The van der Waals surface area contributed by atoms with E-state index >= 15 is 0 Å². The summed E-state index contributed by atoms with van der Waals surface area (Å²) in [5, 5.41) is 3.07. The van der Waals surface area contributed by atoms with Gasteiger partial charge in [0.15, 0.2) is 11.5 Å². The molecule has 1 aliphatic carbocycles. The zero-order valence-corrected chi connectivity index (χ0v) is 20.9. The number of nitrogens with zero attached hydrogens (tertiary/aromatic N) is 1. The van der Waals surface area contributed by atoms with E-state index in [1.807, 2.05) is 11.0 Å². The highest BCUT2D eigenvalue weighted by Gasteiger charge is 2.31. The molecule has 1 aromatic carbocycles. The summed E-state index contributed by atoms with van der Waals surface area (Å²) in [6.45, 7) is 5.82. The summed E-state index contributed by atoms with van der Waals surface area (Å²) in [5.41, 5.74) is 1.76. The quantitative estimate of drug-likeness (QED) is 0.627. The molecular weight excluding hydrogens is 420 g/mol. The molecule has 33 heavy (non-hydrogen) atoms. The number of carbonyl (C=O) groups is 2. The molecule has 2 fully saturated rings. The Balaban J connectivity index is 1.61. The minimum absolute atomic E-state index is 0.0210. The van der Waals surface area contributed by atoms with E-state index in [0.717, 1.165) is 42.6 Å². The summed E-state index contributed by atoms with van der Waals surface area (Å²) in [7, 11) is 4.87. The van der Waals surface area contributed by atoms with Crippen molar-refractivity contribution in [2.75, 3.05) is 34.4 Å². The molecule has 0 atom stereocenters. The summed E-state index contributed by atoms with van der Waals surface area (Å²) in [5.74, 6) is 2.60. The van der Waals surface area contributed by atoms with Gasteiger partial charge in [0.2, 0.25) is 11.8 Å². The highest BCUT2D eigenvalue weighted by Crippen LogP contribution is 2.44. The minimum atomic E-state index is -0.0786. The smallest absolute Gasteiger partial charge is 0.225 e. The van der Waals surface area contributed by atoms with Crippen LogP contribution in [-0.4, -0.2) is 51.1 Å². The summed E-state index contributed by atoms with van der Waals surface area (Å²) < 4.78 is 16.9. The van der Waals surface area contributed by atoms with Crippen molar-refractivity contribution in [3.63, 3.8) is 0 Å². The third-order valence-electron chi connectivity index (χ3n) is 7.10. The molecule has 0 unspecified atom stereocenters. The van der Waals surface area contributed by atoms with E-state index in [1.54, 1.807) is 21.3 Å². The van der Waals surface area contributed by atoms with Crippen molar-refractivity contribution >= 4 is 11.8 Å². The second kappa shape index (κ2) is 11.6. The Labute approximate surface area is 198 Å². The predicted octanol–water partition coefficient (Wildman–Crippen LogP) is 4.27. The van der Waals surface area contributed by atoms with E-state index in [1.165, 1.54) is 6.42 Å². The number of benzene rings is 1. The van der Waals surface area contributed by atoms with E-state index < -0.39 is 0 Å². The van der Waals surface area contributed by atoms with E-state index in [-0.39, 0.29) is 23.7 Å². The Kier molecular flexibility index (Phi) is 8.87. The molecule has 0 radical (unpaired) electrons. The molecule has 1 aliphatic heterocycles. The van der Waals surface area contributed by atoms with Crippen molar-refractivity contribution in [1.82, 2.24) is 10.2 Å². The fourth-order valence-corrected chi connectivity index (χ4v) is 5.25. The van der Waals surface area contributed by atoms with Crippen LogP contribution in [0.15, 0.2) is 6.07 Å². The molecule has 1 saturated carbocycles. The Bertz CT molecular complexity index is 824. The van der Waals surface area contributed by atoms with Crippen LogP contribution in [0.1, 0.15) is 75.8 Å². The van der Waals surface area contributed by atoms with Crippen LogP contribution in [-0.2, 0) is 16.1 Å². The van der Waals surface area contributed by atoms with Gasteiger partial charge >= 0.3 is 0 Å². The van der Waals surface area contributed by atoms with Crippen LogP contribution in [0.25, 0.3) is 0 Å². The van der Waals surface area contributed by atoms with Crippen molar-refractivity contribution in [3.05, 3.63) is 17.2 Å². The van der Waals surface area contributed by atoms with Crippen molar-refractivity contribution < 1.29 is 23.8 Å². The molecule has 1 saturated heterocycles. The second-order valence-electron chi connectivity index (χ2n) is 9.53. The standard InChI is InChI=1S/C26H40N2O5/c1-17(2)22-21(31-3)15-20(23(32-4)24(22)33-5)16-27-25(29)18-11-13-28(14-12-18)26(30)19-9-7-6-8-10-19/h15,17-19H,6-14,16H2,1-5H3,(H,27,29). The Morgan fingerprint density at radius 1 is 0.939 bits per heavy atom. The van der Waals surface area contributed by atoms with Gasteiger partial charge in [-0.1, -0.05) is 33.1 Å². The van der Waals surface area contributed by atoms with Crippen LogP contribution in [0.5, 0.6) is 17.2 Å². The van der Waals surface area contributed by atoms with Crippen LogP contribution in [0.4, 0.5) is 0 Å². The van der Waals surface area contributed by atoms with Gasteiger partial charge in [-0.2, -0.15) is 0 Å². The number of rotatable bonds is 8. The summed E-state index contributed by atoms with van der Waals surface area (Å²) in [6.07, 6.45) is 7.02. The average Bonchev–Trinajstić information content (AvgIpc) is 2.86. The topological polar surface area (TPSA) is 77.1 Å². The molecule has 2 aliphatic rings. The first-order chi connectivity index (χ1) is 15.9. The van der Waals surface area contributed by atoms with E-state index in [2.05, 4.69) is 19.2 Å². The maximum atomic E-state index is 12.9. The second-order valence-corrected chi connectivity index (χ2v) is 9.53. The Hall–Kier alpha value is -2.44. The van der Waals surface area contributed by atoms with Crippen LogP contribution in [0.3, 0.4) is 0 Å². The van der Waals surface area contributed by atoms with Gasteiger partial charge in [-0.3, -0.25) is 9.59 Å². The van der Waals surface area contributed by atoms with Crippen molar-refractivity contribution in [1.29, 1.82) is 0 Å². The summed E-state index contributed by atoms with van der Waals surface area (Å²) in [6, 6.07) is 1.92. The van der Waals surface area contributed by atoms with E-state index in [0.29, 0.717) is 49.9 Å². The average molecular weight is 461 g/mol. The molecule has 1 N–H and O–H groups in total. The molecule has 1 aromatic rings. The molecule has 3 rings (SSSR count). The van der Waals surface area contributed by atoms with Gasteiger partial charge < -0.3 is 24.4 Å². The third-order valence-corrected chi connectivity index (χ3v) is 7.10. The first kappa shape index (κ1) is 25.2. The Morgan fingerprint density at radius 2 is 1.58 bits per heavy atom. The zero-order chi connectivity index (χ0) is 24.0. The maximum Gasteiger partial charge on any atom is 0.225 e. The van der Waals surface area contributed by atoms with Crippen molar-refractivity contribution in [3.8, 4) is 17.2 Å².